The third-order valence-electron chi connectivity index (χ3n) is 4.04. The van der Waals surface area contributed by atoms with Crippen LogP contribution in [-0.2, 0) is 0 Å². The van der Waals surface area contributed by atoms with Gasteiger partial charge in [-0.15, -0.1) is 5.10 Å². The zero-order chi connectivity index (χ0) is 16.5. The molecular formula is C16H15FN4O2S. The van der Waals surface area contributed by atoms with Gasteiger partial charge in [0.2, 0.25) is 0 Å². The molecule has 2 heterocycles. The van der Waals surface area contributed by atoms with Crippen molar-refractivity contribution in [1.82, 2.24) is 19.7 Å². The first-order valence-corrected chi connectivity index (χ1v) is 8.48. The van der Waals surface area contributed by atoms with Gasteiger partial charge in [-0.25, -0.2) is 9.37 Å². The van der Waals surface area contributed by atoms with Gasteiger partial charge in [-0.1, -0.05) is 16.4 Å². The monoisotopic (exact) mass is 346 g/mol. The summed E-state index contributed by atoms with van der Waals surface area (Å²) in [5.41, 5.74) is 1.36. The molecule has 1 saturated carbocycles. The first kappa shape index (κ1) is 15.1. The highest BCUT2D eigenvalue weighted by Gasteiger charge is 2.29. The molecule has 3 aromatic rings. The number of imidazole rings is 1. The molecule has 4 rings (SSSR count). The third kappa shape index (κ3) is 2.84. The Morgan fingerprint density at radius 2 is 2.21 bits per heavy atom. The Bertz CT molecular complexity index is 836. The summed E-state index contributed by atoms with van der Waals surface area (Å²) >= 11 is 1.20. The van der Waals surface area contributed by atoms with Crippen molar-refractivity contribution >= 4 is 11.3 Å². The number of phenols is 1. The number of benzene rings is 1. The van der Waals surface area contributed by atoms with Crippen LogP contribution in [0.25, 0.3) is 16.3 Å². The average Bonchev–Trinajstić information content (AvgIpc) is 3.31. The molecule has 1 aliphatic rings. The summed E-state index contributed by atoms with van der Waals surface area (Å²) in [4.78, 5) is 3.98. The van der Waals surface area contributed by atoms with Gasteiger partial charge in [-0.05, 0) is 31.4 Å². The molecule has 0 spiro atoms. The van der Waals surface area contributed by atoms with E-state index in [1.165, 1.54) is 11.3 Å². The molecule has 0 saturated heterocycles. The molecule has 1 aliphatic carbocycles. The summed E-state index contributed by atoms with van der Waals surface area (Å²) in [6, 6.07) is 5.25. The molecule has 2 aromatic heterocycles. The van der Waals surface area contributed by atoms with Crippen molar-refractivity contribution in [3.8, 4) is 27.2 Å². The quantitative estimate of drug-likeness (QED) is 0.784. The number of aromatic hydroxyl groups is 1. The van der Waals surface area contributed by atoms with Crippen LogP contribution < -0.4 is 4.74 Å². The number of rotatable bonds is 4. The van der Waals surface area contributed by atoms with Crippen LogP contribution in [0.2, 0.25) is 0 Å². The lowest BCUT2D eigenvalue weighted by Crippen LogP contribution is -2.22. The molecule has 0 amide bonds. The van der Waals surface area contributed by atoms with Gasteiger partial charge in [0.25, 0.3) is 5.19 Å². The van der Waals surface area contributed by atoms with E-state index in [0.717, 1.165) is 12.1 Å². The number of phenolic OH excluding ortho intramolecular Hbond substituents is 1. The molecule has 2 atom stereocenters. The van der Waals surface area contributed by atoms with Crippen molar-refractivity contribution in [3.05, 3.63) is 36.9 Å². The Morgan fingerprint density at radius 1 is 1.29 bits per heavy atom. The Kier molecular flexibility index (Phi) is 3.89. The molecule has 1 N–H and O–H groups in total. The molecule has 0 unspecified atom stereocenters. The fraction of sp³-hybridized carbons (Fsp3) is 0.312. The minimum absolute atomic E-state index is 0.0909. The van der Waals surface area contributed by atoms with Gasteiger partial charge in [-0.2, -0.15) is 0 Å². The Balaban J connectivity index is 1.56. The maximum absolute atomic E-state index is 13.6. The van der Waals surface area contributed by atoms with E-state index in [9.17, 15) is 9.50 Å². The SMILES string of the molecule is Oc1cc(-n2ccnc2)ccc1-c1nnc(O[C@H]2CCC[C@@H]2F)s1. The van der Waals surface area contributed by atoms with E-state index in [1.54, 1.807) is 35.4 Å². The molecule has 0 aliphatic heterocycles. The second kappa shape index (κ2) is 6.20. The number of hydrogen-bond acceptors (Lipinski definition) is 6. The minimum atomic E-state index is -0.944. The van der Waals surface area contributed by atoms with Gasteiger partial charge in [0, 0.05) is 18.5 Å². The first-order valence-electron chi connectivity index (χ1n) is 7.66. The summed E-state index contributed by atoms with van der Waals surface area (Å²) in [5, 5.41) is 19.2. The van der Waals surface area contributed by atoms with Crippen LogP contribution in [-0.4, -0.2) is 37.1 Å². The highest BCUT2D eigenvalue weighted by atomic mass is 32.1. The van der Waals surface area contributed by atoms with E-state index in [4.69, 9.17) is 4.74 Å². The van der Waals surface area contributed by atoms with Gasteiger partial charge in [0.15, 0.2) is 5.01 Å². The summed E-state index contributed by atoms with van der Waals surface area (Å²) in [6.45, 7) is 0. The number of nitrogens with zero attached hydrogens (tertiary/aromatic N) is 4. The van der Waals surface area contributed by atoms with Gasteiger partial charge in [0.05, 0.1) is 17.6 Å². The van der Waals surface area contributed by atoms with Crippen LogP contribution in [0.15, 0.2) is 36.9 Å². The van der Waals surface area contributed by atoms with E-state index >= 15 is 0 Å². The Morgan fingerprint density at radius 3 is 2.92 bits per heavy atom. The molecule has 1 aromatic carbocycles. The Labute approximate surface area is 141 Å². The van der Waals surface area contributed by atoms with Crippen molar-refractivity contribution in [2.24, 2.45) is 0 Å². The van der Waals surface area contributed by atoms with Crippen molar-refractivity contribution in [3.63, 3.8) is 0 Å². The van der Waals surface area contributed by atoms with E-state index in [1.807, 2.05) is 6.07 Å². The van der Waals surface area contributed by atoms with Gasteiger partial charge < -0.3 is 14.4 Å². The highest BCUT2D eigenvalue weighted by Crippen LogP contribution is 2.36. The minimum Gasteiger partial charge on any atom is -0.507 e. The summed E-state index contributed by atoms with van der Waals surface area (Å²) in [7, 11) is 0. The third-order valence-corrected chi connectivity index (χ3v) is 4.89. The predicted octanol–water partition coefficient (Wildman–Crippen LogP) is 3.37. The standard InChI is InChI=1S/C16H15FN4O2S/c17-12-2-1-3-14(12)23-16-20-19-15(24-16)11-5-4-10(8-13(11)22)21-7-6-18-9-21/h4-9,12,14,22H,1-3H2/t12-,14-/m0/s1. The average molecular weight is 346 g/mol. The van der Waals surface area contributed by atoms with Crippen molar-refractivity contribution < 1.29 is 14.2 Å². The topological polar surface area (TPSA) is 73.1 Å². The van der Waals surface area contributed by atoms with Crippen LogP contribution in [0, 0.1) is 0 Å². The fourth-order valence-electron chi connectivity index (χ4n) is 2.78. The van der Waals surface area contributed by atoms with Crippen molar-refractivity contribution in [1.29, 1.82) is 0 Å². The Hall–Kier alpha value is -2.48. The van der Waals surface area contributed by atoms with E-state index in [-0.39, 0.29) is 5.75 Å². The van der Waals surface area contributed by atoms with Gasteiger partial charge >= 0.3 is 0 Å². The second-order valence-electron chi connectivity index (χ2n) is 5.65. The number of alkyl halides is 1. The smallest absolute Gasteiger partial charge is 0.294 e. The van der Waals surface area contributed by atoms with Crippen LogP contribution in [0.5, 0.6) is 10.9 Å². The molecule has 24 heavy (non-hydrogen) atoms. The van der Waals surface area contributed by atoms with Crippen LogP contribution in [0.4, 0.5) is 4.39 Å². The number of hydrogen-bond donors (Lipinski definition) is 1. The maximum Gasteiger partial charge on any atom is 0.294 e. The number of halogens is 1. The van der Waals surface area contributed by atoms with E-state index in [0.29, 0.717) is 28.6 Å². The van der Waals surface area contributed by atoms with E-state index in [2.05, 4.69) is 15.2 Å². The summed E-state index contributed by atoms with van der Waals surface area (Å²) < 4.78 is 21.0. The molecule has 6 nitrogen and oxygen atoms in total. The summed E-state index contributed by atoms with van der Waals surface area (Å²) in [5.74, 6) is 0.0909. The largest absolute Gasteiger partial charge is 0.507 e. The maximum atomic E-state index is 13.6. The molecule has 1 fully saturated rings. The molecule has 124 valence electrons. The van der Waals surface area contributed by atoms with Crippen molar-refractivity contribution in [2.45, 2.75) is 31.5 Å². The van der Waals surface area contributed by atoms with Crippen LogP contribution >= 0.6 is 11.3 Å². The fourth-order valence-corrected chi connectivity index (χ4v) is 3.57. The molecule has 0 radical (unpaired) electrons. The van der Waals surface area contributed by atoms with E-state index < -0.39 is 12.3 Å². The van der Waals surface area contributed by atoms with Gasteiger partial charge in [-0.3, -0.25) is 0 Å². The summed E-state index contributed by atoms with van der Waals surface area (Å²) in [6.07, 6.45) is 5.78. The molecule has 8 heteroatoms. The zero-order valence-corrected chi connectivity index (χ0v) is 13.5. The predicted molar refractivity (Wildman–Crippen MR) is 87.3 cm³/mol. The lowest BCUT2D eigenvalue weighted by atomic mass is 10.2. The molecular weight excluding hydrogens is 331 g/mol. The number of ether oxygens (including phenoxy) is 1. The van der Waals surface area contributed by atoms with Crippen molar-refractivity contribution in [2.75, 3.05) is 0 Å². The van der Waals surface area contributed by atoms with Crippen LogP contribution in [0.3, 0.4) is 0 Å². The zero-order valence-electron chi connectivity index (χ0n) is 12.7. The van der Waals surface area contributed by atoms with Crippen LogP contribution in [0.1, 0.15) is 19.3 Å². The highest BCUT2D eigenvalue weighted by molar-refractivity contribution is 7.16. The molecule has 0 bridgehead atoms. The number of aromatic nitrogens is 4. The lowest BCUT2D eigenvalue weighted by Gasteiger charge is -2.11. The second-order valence-corrected chi connectivity index (χ2v) is 6.59. The lowest BCUT2D eigenvalue weighted by molar-refractivity contribution is 0.124. The first-order chi connectivity index (χ1) is 11.7. The normalized spacial score (nSPS) is 20.4. The van der Waals surface area contributed by atoms with Gasteiger partial charge in [0.1, 0.15) is 18.0 Å².